The highest BCUT2D eigenvalue weighted by Gasteiger charge is 2.54. The summed E-state index contributed by atoms with van der Waals surface area (Å²) in [5, 5.41) is 102. The van der Waals surface area contributed by atoms with E-state index in [2.05, 4.69) is 27.8 Å². The van der Waals surface area contributed by atoms with Crippen molar-refractivity contribution in [3.8, 4) is 0 Å². The van der Waals surface area contributed by atoms with Crippen molar-refractivity contribution < 1.29 is 88.4 Å². The minimum absolute atomic E-state index is 0.0118. The summed E-state index contributed by atoms with van der Waals surface area (Å²) < 4.78 is 44.1. The van der Waals surface area contributed by atoms with E-state index in [1.165, 1.54) is 25.8 Å². The highest BCUT2D eigenvalue weighted by Crippen LogP contribution is 2.42. The van der Waals surface area contributed by atoms with Crippen LogP contribution in [0.4, 0.5) is 0 Å². The van der Waals surface area contributed by atoms with Crippen LogP contribution in [0.15, 0.2) is 0 Å². The second-order valence-corrected chi connectivity index (χ2v) is 28.2. The Balaban J connectivity index is 1.34. The van der Waals surface area contributed by atoms with Crippen LogP contribution in [0.25, 0.3) is 0 Å². The monoisotopic (exact) mass is 1240 g/mol. The summed E-state index contributed by atoms with van der Waals surface area (Å²) in [6.07, 6.45) is -11.7. The Morgan fingerprint density at radius 3 is 2.13 bits per heavy atom. The minimum atomic E-state index is -1.99. The molecule has 25 heteroatoms. The zero-order valence-electron chi connectivity index (χ0n) is 52.8. The van der Waals surface area contributed by atoms with Gasteiger partial charge in [-0.25, -0.2) is 0 Å². The van der Waals surface area contributed by atoms with Gasteiger partial charge in [0.05, 0.1) is 59.7 Å². The van der Waals surface area contributed by atoms with E-state index < -0.39 is 149 Å². The van der Waals surface area contributed by atoms with E-state index in [0.717, 1.165) is 6.42 Å². The molecular weight excluding hydrogens is 1130 g/mol. The first-order chi connectivity index (χ1) is 39.1. The van der Waals surface area contributed by atoms with Gasteiger partial charge in [0.25, 0.3) is 0 Å². The molecule has 5 fully saturated rings. The predicted molar refractivity (Wildman–Crippen MR) is 316 cm³/mol. The molecule has 0 saturated carbocycles. The van der Waals surface area contributed by atoms with Gasteiger partial charge in [0.15, 0.2) is 12.6 Å². The highest BCUT2D eigenvalue weighted by molar-refractivity contribution is 7.99. The molecule has 5 aliphatic rings. The number of hydrogen-bond donors (Lipinski definition) is 11. The van der Waals surface area contributed by atoms with Gasteiger partial charge in [-0.15, -0.1) is 11.8 Å². The van der Waals surface area contributed by atoms with Crippen molar-refractivity contribution in [3.05, 3.63) is 0 Å². The van der Waals surface area contributed by atoms with Crippen molar-refractivity contribution in [1.29, 1.82) is 0 Å². The Morgan fingerprint density at radius 1 is 0.857 bits per heavy atom. The zero-order chi connectivity index (χ0) is 63.1. The van der Waals surface area contributed by atoms with E-state index >= 15 is 0 Å². The molecule has 0 radical (unpaired) electrons. The maximum absolute atomic E-state index is 14.6. The summed E-state index contributed by atoms with van der Waals surface area (Å²) in [7, 11) is 5.20. The molecular formula is C59H108ClN5O18S. The Bertz CT molecular complexity index is 2090. The number of esters is 1. The van der Waals surface area contributed by atoms with Crippen molar-refractivity contribution in [2.75, 3.05) is 60.2 Å². The van der Waals surface area contributed by atoms with Crippen molar-refractivity contribution in [2.45, 2.75) is 260 Å². The molecule has 0 aromatic carbocycles. The number of nitrogens with zero attached hydrogens (tertiary/aromatic N) is 2. The van der Waals surface area contributed by atoms with E-state index in [1.807, 2.05) is 32.8 Å². The molecule has 27 atom stereocenters. The Hall–Kier alpha value is -1.63. The average molecular weight is 1240 g/mol. The summed E-state index contributed by atoms with van der Waals surface area (Å²) in [4.78, 5) is 44.7. The maximum atomic E-state index is 14.6. The topological polar surface area (TPSA) is 320 Å². The lowest BCUT2D eigenvalue weighted by molar-refractivity contribution is -0.318. The third-order valence-electron chi connectivity index (χ3n) is 19.0. The van der Waals surface area contributed by atoms with Crippen molar-refractivity contribution in [1.82, 2.24) is 25.8 Å². The lowest BCUT2D eigenvalue weighted by Gasteiger charge is -2.49. The van der Waals surface area contributed by atoms with Crippen molar-refractivity contribution in [3.63, 3.8) is 0 Å². The van der Waals surface area contributed by atoms with Crippen LogP contribution in [0.2, 0.25) is 0 Å². The summed E-state index contributed by atoms with van der Waals surface area (Å²) in [5.74, 6) is -4.78. The number of piperidine rings is 1. The fourth-order valence-corrected chi connectivity index (χ4v) is 14.8. The maximum Gasteiger partial charge on any atom is 0.311 e. The third-order valence-corrected chi connectivity index (χ3v) is 20.1. The van der Waals surface area contributed by atoms with Gasteiger partial charge in [0, 0.05) is 83.0 Å². The molecule has 5 aliphatic heterocycles. The van der Waals surface area contributed by atoms with E-state index in [0.29, 0.717) is 32.5 Å². The molecule has 84 heavy (non-hydrogen) atoms. The molecule has 11 N–H and O–H groups in total. The summed E-state index contributed by atoms with van der Waals surface area (Å²) in [6, 6.07) is -1.02. The number of hydrogen-bond acceptors (Lipinski definition) is 22. The molecule has 5 heterocycles. The van der Waals surface area contributed by atoms with Crippen LogP contribution in [0.1, 0.15) is 134 Å². The number of methoxy groups -OCH3 is 1. The minimum Gasteiger partial charge on any atom is -0.459 e. The zero-order valence-corrected chi connectivity index (χ0v) is 54.4. The van der Waals surface area contributed by atoms with Gasteiger partial charge in [-0.05, 0) is 106 Å². The number of likely N-dealkylation sites (N-methyl/N-ethyl adjacent to an activating group) is 1. The van der Waals surface area contributed by atoms with Crippen LogP contribution >= 0.6 is 23.4 Å². The number of ether oxygens (including phenoxy) is 7. The lowest BCUT2D eigenvalue weighted by atomic mass is 9.72. The SMILES string of the molecule is CCC1CC(C(=O)NC(C)(Cl)CC2O[C@H](SC)C(O)[C@H](O)[C@H]2O)CN(CCC(=O)NCCN[C@@H]2[C@H](C)[C@@H](O)[C@](C)(O)[C@@H](CC)OC(=O)[C@H](C)[C@@H](OC3CC(C)(OC)C(O)C(C)O3)[C@H](C)[C@@H](OC3OC(C)CC(N(C)C)C3O)[C@](C)(O)C[C@H]2C)C1. The van der Waals surface area contributed by atoms with E-state index in [-0.39, 0.29) is 75.1 Å². The first-order valence-corrected chi connectivity index (χ1v) is 32.2. The number of aliphatic hydroxyl groups excluding tert-OH is 6. The van der Waals surface area contributed by atoms with E-state index in [9.17, 15) is 55.2 Å². The number of carbonyl (C=O) groups excluding carboxylic acids is 3. The Kier molecular flexibility index (Phi) is 26.9. The van der Waals surface area contributed by atoms with Crippen LogP contribution in [-0.4, -0.2) is 254 Å². The van der Waals surface area contributed by atoms with Crippen molar-refractivity contribution in [2.24, 2.45) is 35.5 Å². The number of thioether (sulfide) groups is 1. The molecule has 0 aromatic rings. The van der Waals surface area contributed by atoms with Crippen LogP contribution in [0.3, 0.4) is 0 Å². The quantitative estimate of drug-likeness (QED) is 0.0357. The number of rotatable bonds is 20. The molecule has 0 spiro atoms. The molecule has 0 aromatic heterocycles. The number of amides is 2. The number of carbonyl (C=O) groups is 3. The molecule has 0 aliphatic carbocycles. The molecule has 490 valence electrons. The molecule has 2 amide bonds. The van der Waals surface area contributed by atoms with Crippen LogP contribution < -0.4 is 16.0 Å². The van der Waals surface area contributed by atoms with Gasteiger partial charge in [-0.2, -0.15) is 0 Å². The largest absolute Gasteiger partial charge is 0.459 e. The molecule has 23 nitrogen and oxygen atoms in total. The number of cyclic esters (lactones) is 1. The van der Waals surface area contributed by atoms with Gasteiger partial charge in [0.1, 0.15) is 52.7 Å². The Morgan fingerprint density at radius 2 is 1.52 bits per heavy atom. The fraction of sp³-hybridized carbons (Fsp3) is 0.949. The number of halogens is 1. The molecule has 5 saturated heterocycles. The first-order valence-electron chi connectivity index (χ1n) is 30.5. The second-order valence-electron chi connectivity index (χ2n) is 26.4. The van der Waals surface area contributed by atoms with Gasteiger partial charge in [-0.1, -0.05) is 52.6 Å². The first kappa shape index (κ1) is 73.1. The van der Waals surface area contributed by atoms with Gasteiger partial charge in [0.2, 0.25) is 11.8 Å². The lowest BCUT2D eigenvalue weighted by Crippen LogP contribution is -2.62. The van der Waals surface area contributed by atoms with Crippen LogP contribution in [0.5, 0.6) is 0 Å². The molecule has 5 rings (SSSR count). The van der Waals surface area contributed by atoms with Crippen LogP contribution in [0, 0.1) is 35.5 Å². The number of alkyl halides is 1. The number of likely N-dealkylation sites (tertiary alicyclic amines) is 1. The van der Waals surface area contributed by atoms with Gasteiger partial charge < -0.3 is 99.8 Å². The fourth-order valence-electron chi connectivity index (χ4n) is 13.8. The molecule has 0 bridgehead atoms. The summed E-state index contributed by atoms with van der Waals surface area (Å²) >= 11 is 8.04. The van der Waals surface area contributed by atoms with Gasteiger partial charge in [-0.3, -0.25) is 14.4 Å². The summed E-state index contributed by atoms with van der Waals surface area (Å²) in [5.41, 5.74) is -5.66. The van der Waals surface area contributed by atoms with E-state index in [1.54, 1.807) is 61.6 Å². The highest BCUT2D eigenvalue weighted by atomic mass is 35.5. The third kappa shape index (κ3) is 18.1. The normalized spacial score (nSPS) is 45.0. The number of nitrogens with one attached hydrogen (secondary N) is 3. The standard InChI is InChI=1S/C59H108ClN5O18S/c1-17-36-24-37(52(73)63-58(11,60)26-39-45(68)46(69)47(70)55(80-39)84-16)29-65(28-36)22-19-41(66)61-20-21-62-43-30(3)25-56(9,75)51(83-54-44(67)38(64(13)14)23-31(4)78-54)33(6)48(82-42-27-57(10,77-15)50(72)35(8)79-42)34(7)53(74)81-40(18-2)59(12,76)49(71)32(43)5/h30-40,42-51,54-55,62,67-72,75-76H,17-29H2,1-16H3,(H,61,66)(H,63,73)/t30-,31?,32+,33+,34-,35?,36?,37?,38?,39?,40-,42?,43+,44?,45+,46-,47?,48+,49-,50?,51-,54?,55-,56-,57?,58?,59-/m1/s1. The predicted octanol–water partition coefficient (Wildman–Crippen LogP) is 1.66. The van der Waals surface area contributed by atoms with E-state index in [4.69, 9.17) is 44.8 Å². The number of aliphatic hydroxyl groups is 8. The smallest absolute Gasteiger partial charge is 0.311 e. The van der Waals surface area contributed by atoms with Gasteiger partial charge >= 0.3 is 5.97 Å². The average Bonchev–Trinajstić information content (AvgIpc) is 3.46. The summed E-state index contributed by atoms with van der Waals surface area (Å²) in [6.45, 7) is 22.7. The second kappa shape index (κ2) is 30.9. The van der Waals surface area contributed by atoms with Crippen LogP contribution in [-0.2, 0) is 47.5 Å². The van der Waals surface area contributed by atoms with Crippen molar-refractivity contribution >= 4 is 41.1 Å². The Labute approximate surface area is 508 Å². The molecule has 13 unspecified atom stereocenters.